The fourth-order valence-electron chi connectivity index (χ4n) is 3.94. The predicted molar refractivity (Wildman–Crippen MR) is 124 cm³/mol. The van der Waals surface area contributed by atoms with E-state index in [4.69, 9.17) is 9.97 Å². The van der Waals surface area contributed by atoms with Gasteiger partial charge in [0.05, 0.1) is 5.69 Å². The SMILES string of the molecule is Cc1nc(-c2cncc(-c3ccccc3)c2)cc(N2CCN(c3ccccn3)CC2)n1. The van der Waals surface area contributed by atoms with Crippen LogP contribution >= 0.6 is 0 Å². The van der Waals surface area contributed by atoms with Crippen molar-refractivity contribution in [2.45, 2.75) is 6.92 Å². The summed E-state index contributed by atoms with van der Waals surface area (Å²) in [4.78, 5) is 23.0. The third-order valence-corrected chi connectivity index (χ3v) is 5.54. The Hall–Kier alpha value is -3.80. The number of aryl methyl sites for hydroxylation is 1. The number of benzene rings is 1. The fraction of sp³-hybridized carbons (Fsp3) is 0.200. The molecule has 0 unspecified atom stereocenters. The number of aromatic nitrogens is 4. The number of anilines is 2. The summed E-state index contributed by atoms with van der Waals surface area (Å²) in [5.74, 6) is 2.77. The van der Waals surface area contributed by atoms with Crippen LogP contribution in [0.4, 0.5) is 11.6 Å². The second kappa shape index (κ2) is 8.52. The first-order valence-corrected chi connectivity index (χ1v) is 10.5. The van der Waals surface area contributed by atoms with Crippen molar-refractivity contribution in [2.75, 3.05) is 36.0 Å². The lowest BCUT2D eigenvalue weighted by Gasteiger charge is -2.36. The third kappa shape index (κ3) is 4.23. The second-order valence-corrected chi connectivity index (χ2v) is 7.65. The van der Waals surface area contributed by atoms with Crippen LogP contribution in [0.25, 0.3) is 22.4 Å². The van der Waals surface area contributed by atoms with Gasteiger partial charge < -0.3 is 9.80 Å². The van der Waals surface area contributed by atoms with Gasteiger partial charge in [-0.3, -0.25) is 4.98 Å². The molecule has 0 atom stereocenters. The van der Waals surface area contributed by atoms with Crippen molar-refractivity contribution in [1.82, 2.24) is 19.9 Å². The quantitative estimate of drug-likeness (QED) is 0.504. The monoisotopic (exact) mass is 408 g/mol. The lowest BCUT2D eigenvalue weighted by atomic mass is 10.0. The number of hydrogen-bond donors (Lipinski definition) is 0. The Morgan fingerprint density at radius 2 is 1.39 bits per heavy atom. The summed E-state index contributed by atoms with van der Waals surface area (Å²) < 4.78 is 0. The molecule has 154 valence electrons. The molecule has 1 aromatic carbocycles. The van der Waals surface area contributed by atoms with Crippen LogP contribution in [-0.4, -0.2) is 46.1 Å². The van der Waals surface area contributed by atoms with Crippen LogP contribution in [0.5, 0.6) is 0 Å². The van der Waals surface area contributed by atoms with E-state index in [9.17, 15) is 0 Å². The van der Waals surface area contributed by atoms with Gasteiger partial charge >= 0.3 is 0 Å². The number of hydrogen-bond acceptors (Lipinski definition) is 6. The zero-order chi connectivity index (χ0) is 21.0. The van der Waals surface area contributed by atoms with Crippen molar-refractivity contribution < 1.29 is 0 Å². The van der Waals surface area contributed by atoms with Gasteiger partial charge in [-0.15, -0.1) is 0 Å². The maximum absolute atomic E-state index is 4.72. The molecular formula is C25H24N6. The zero-order valence-corrected chi connectivity index (χ0v) is 17.5. The maximum atomic E-state index is 4.72. The molecule has 0 aliphatic carbocycles. The minimum atomic E-state index is 0.768. The van der Waals surface area contributed by atoms with E-state index in [2.05, 4.69) is 50.1 Å². The first-order valence-electron chi connectivity index (χ1n) is 10.5. The van der Waals surface area contributed by atoms with Crippen molar-refractivity contribution in [3.05, 3.63) is 85.1 Å². The minimum Gasteiger partial charge on any atom is -0.353 e. The van der Waals surface area contributed by atoms with Gasteiger partial charge in [-0.2, -0.15) is 0 Å². The summed E-state index contributed by atoms with van der Waals surface area (Å²) in [6.45, 7) is 5.58. The molecule has 0 spiro atoms. The molecule has 0 radical (unpaired) electrons. The molecule has 0 N–H and O–H groups in total. The van der Waals surface area contributed by atoms with Crippen molar-refractivity contribution in [2.24, 2.45) is 0 Å². The van der Waals surface area contributed by atoms with Crippen molar-refractivity contribution >= 4 is 11.6 Å². The third-order valence-electron chi connectivity index (χ3n) is 5.54. The molecule has 1 fully saturated rings. The molecule has 1 aliphatic rings. The lowest BCUT2D eigenvalue weighted by molar-refractivity contribution is 0.640. The minimum absolute atomic E-state index is 0.768. The van der Waals surface area contributed by atoms with Crippen LogP contribution in [0.3, 0.4) is 0 Å². The molecule has 0 saturated carbocycles. The largest absolute Gasteiger partial charge is 0.353 e. The van der Waals surface area contributed by atoms with E-state index in [0.717, 1.165) is 66.0 Å². The molecule has 0 amide bonds. The zero-order valence-electron chi connectivity index (χ0n) is 17.5. The van der Waals surface area contributed by atoms with Gasteiger partial charge in [0, 0.05) is 62.0 Å². The Morgan fingerprint density at radius 3 is 2.13 bits per heavy atom. The van der Waals surface area contributed by atoms with Crippen LogP contribution in [0.1, 0.15) is 5.82 Å². The van der Waals surface area contributed by atoms with Gasteiger partial charge in [0.2, 0.25) is 0 Å². The molecule has 4 heterocycles. The molecule has 5 rings (SSSR count). The van der Waals surface area contributed by atoms with Gasteiger partial charge in [0.15, 0.2) is 0 Å². The molecule has 4 aromatic rings. The molecule has 6 heteroatoms. The van der Waals surface area contributed by atoms with E-state index in [1.165, 1.54) is 0 Å². The average Bonchev–Trinajstić information content (AvgIpc) is 2.85. The molecule has 3 aromatic heterocycles. The average molecular weight is 409 g/mol. The highest BCUT2D eigenvalue weighted by Crippen LogP contribution is 2.27. The van der Waals surface area contributed by atoms with Crippen LogP contribution in [-0.2, 0) is 0 Å². The Morgan fingerprint density at radius 1 is 0.677 bits per heavy atom. The number of pyridine rings is 2. The maximum Gasteiger partial charge on any atom is 0.132 e. The summed E-state index contributed by atoms with van der Waals surface area (Å²) in [6.07, 6.45) is 5.61. The van der Waals surface area contributed by atoms with Gasteiger partial charge in [0.1, 0.15) is 17.5 Å². The van der Waals surface area contributed by atoms with Crippen LogP contribution < -0.4 is 9.80 Å². The molecular weight excluding hydrogens is 384 g/mol. The van der Waals surface area contributed by atoms with Gasteiger partial charge in [-0.1, -0.05) is 36.4 Å². The fourth-order valence-corrected chi connectivity index (χ4v) is 3.94. The highest BCUT2D eigenvalue weighted by Gasteiger charge is 2.20. The predicted octanol–water partition coefficient (Wildman–Crippen LogP) is 4.24. The Labute approximate surface area is 182 Å². The highest BCUT2D eigenvalue weighted by atomic mass is 15.3. The number of nitrogens with zero attached hydrogens (tertiary/aromatic N) is 6. The smallest absolute Gasteiger partial charge is 0.132 e. The first kappa shape index (κ1) is 19.2. The van der Waals surface area contributed by atoms with Crippen LogP contribution in [0, 0.1) is 6.92 Å². The van der Waals surface area contributed by atoms with Crippen LogP contribution in [0.15, 0.2) is 79.3 Å². The standard InChI is InChI=1S/C25H24N6/c1-19-28-23(22-15-21(17-26-18-22)20-7-3-2-4-8-20)16-25(29-19)31-13-11-30(12-14-31)24-9-5-6-10-27-24/h2-10,15-18H,11-14H2,1H3. The van der Waals surface area contributed by atoms with Gasteiger partial charge in [-0.25, -0.2) is 15.0 Å². The second-order valence-electron chi connectivity index (χ2n) is 7.65. The summed E-state index contributed by atoms with van der Waals surface area (Å²) >= 11 is 0. The Kier molecular flexibility index (Phi) is 5.27. The van der Waals surface area contributed by atoms with Gasteiger partial charge in [-0.05, 0) is 30.7 Å². The summed E-state index contributed by atoms with van der Waals surface area (Å²) in [7, 11) is 0. The molecule has 6 nitrogen and oxygen atoms in total. The van der Waals surface area contributed by atoms with E-state index in [0.29, 0.717) is 0 Å². The van der Waals surface area contributed by atoms with Crippen LogP contribution in [0.2, 0.25) is 0 Å². The van der Waals surface area contributed by atoms with E-state index in [1.54, 1.807) is 0 Å². The van der Waals surface area contributed by atoms with E-state index in [1.807, 2.05) is 55.8 Å². The topological polar surface area (TPSA) is 58.0 Å². The van der Waals surface area contributed by atoms with Crippen molar-refractivity contribution in [3.8, 4) is 22.4 Å². The molecule has 31 heavy (non-hydrogen) atoms. The lowest BCUT2D eigenvalue weighted by Crippen LogP contribution is -2.47. The van der Waals surface area contributed by atoms with Crippen molar-refractivity contribution in [1.29, 1.82) is 0 Å². The van der Waals surface area contributed by atoms with E-state index < -0.39 is 0 Å². The Bertz CT molecular complexity index is 1160. The molecule has 0 bridgehead atoms. The van der Waals surface area contributed by atoms with E-state index >= 15 is 0 Å². The number of piperazine rings is 1. The Balaban J connectivity index is 1.38. The number of rotatable bonds is 4. The molecule has 1 aliphatic heterocycles. The summed E-state index contributed by atoms with van der Waals surface area (Å²) in [5, 5.41) is 0. The highest BCUT2D eigenvalue weighted by molar-refractivity contribution is 5.71. The molecule has 1 saturated heterocycles. The normalized spacial score (nSPS) is 14.0. The summed E-state index contributed by atoms with van der Waals surface area (Å²) in [5.41, 5.74) is 4.13. The van der Waals surface area contributed by atoms with Crippen molar-refractivity contribution in [3.63, 3.8) is 0 Å². The first-order chi connectivity index (χ1) is 15.3. The van der Waals surface area contributed by atoms with E-state index in [-0.39, 0.29) is 0 Å². The summed E-state index contributed by atoms with van der Waals surface area (Å²) in [6, 6.07) is 20.6. The van der Waals surface area contributed by atoms with Gasteiger partial charge in [0.25, 0.3) is 0 Å².